The SMILES string of the molecule is COCCn1c(Cc2ccc(OC)cc2)nc2sc(C)c(C)c2c1=O. The van der Waals surface area contributed by atoms with Gasteiger partial charge in [0, 0.05) is 18.4 Å². The van der Waals surface area contributed by atoms with Gasteiger partial charge in [0.25, 0.3) is 5.56 Å². The van der Waals surface area contributed by atoms with Crippen molar-refractivity contribution in [3.8, 4) is 5.75 Å². The van der Waals surface area contributed by atoms with E-state index in [1.165, 1.54) is 0 Å². The van der Waals surface area contributed by atoms with E-state index in [2.05, 4.69) is 0 Å². The van der Waals surface area contributed by atoms with Gasteiger partial charge in [-0.3, -0.25) is 9.36 Å². The molecule has 1 aromatic carbocycles. The molecule has 0 aliphatic carbocycles. The quantitative estimate of drug-likeness (QED) is 0.678. The number of thiophene rings is 1. The maximum Gasteiger partial charge on any atom is 0.262 e. The van der Waals surface area contributed by atoms with E-state index in [4.69, 9.17) is 14.5 Å². The van der Waals surface area contributed by atoms with Gasteiger partial charge in [-0.05, 0) is 37.1 Å². The first-order valence-electron chi connectivity index (χ1n) is 8.16. The largest absolute Gasteiger partial charge is 0.497 e. The first-order valence-corrected chi connectivity index (χ1v) is 8.98. The lowest BCUT2D eigenvalue weighted by molar-refractivity contribution is 0.185. The number of hydrogen-bond donors (Lipinski definition) is 0. The molecule has 0 N–H and O–H groups in total. The standard InChI is InChI=1S/C19H22N2O3S/c1-12-13(2)25-18-17(12)19(22)21(9-10-23-3)16(20-18)11-14-5-7-15(24-4)8-6-14/h5-8H,9-11H2,1-4H3. The van der Waals surface area contributed by atoms with Crippen molar-refractivity contribution in [3.63, 3.8) is 0 Å². The zero-order chi connectivity index (χ0) is 18.0. The van der Waals surface area contributed by atoms with E-state index in [9.17, 15) is 4.79 Å². The van der Waals surface area contributed by atoms with Crippen LogP contribution in [0.1, 0.15) is 21.8 Å². The van der Waals surface area contributed by atoms with Crippen molar-refractivity contribution in [2.75, 3.05) is 20.8 Å². The van der Waals surface area contributed by atoms with Crippen LogP contribution in [0.4, 0.5) is 0 Å². The van der Waals surface area contributed by atoms with E-state index < -0.39 is 0 Å². The average molecular weight is 358 g/mol. The van der Waals surface area contributed by atoms with Crippen molar-refractivity contribution in [3.05, 3.63) is 56.4 Å². The van der Waals surface area contributed by atoms with Gasteiger partial charge in [0.1, 0.15) is 16.4 Å². The number of hydrogen-bond acceptors (Lipinski definition) is 5. The second kappa shape index (κ2) is 7.37. The number of fused-ring (bicyclic) bond motifs is 1. The van der Waals surface area contributed by atoms with Crippen LogP contribution >= 0.6 is 11.3 Å². The molecule has 2 aromatic heterocycles. The van der Waals surface area contributed by atoms with Gasteiger partial charge in [-0.1, -0.05) is 12.1 Å². The Balaban J connectivity index is 2.09. The van der Waals surface area contributed by atoms with Crippen molar-refractivity contribution < 1.29 is 9.47 Å². The molecular formula is C19H22N2O3S. The van der Waals surface area contributed by atoms with E-state index in [1.54, 1.807) is 30.1 Å². The highest BCUT2D eigenvalue weighted by Crippen LogP contribution is 2.26. The normalized spacial score (nSPS) is 11.2. The summed E-state index contributed by atoms with van der Waals surface area (Å²) in [5, 5.41) is 0.733. The molecule has 0 fully saturated rings. The molecule has 6 heteroatoms. The van der Waals surface area contributed by atoms with E-state index in [1.807, 2.05) is 38.1 Å². The molecule has 0 saturated heterocycles. The molecule has 132 valence electrons. The maximum absolute atomic E-state index is 13.0. The molecule has 3 rings (SSSR count). The number of benzene rings is 1. The van der Waals surface area contributed by atoms with Gasteiger partial charge in [-0.25, -0.2) is 4.98 Å². The lowest BCUT2D eigenvalue weighted by atomic mass is 10.1. The van der Waals surface area contributed by atoms with Crippen molar-refractivity contribution in [2.45, 2.75) is 26.8 Å². The summed E-state index contributed by atoms with van der Waals surface area (Å²) in [4.78, 5) is 19.8. The van der Waals surface area contributed by atoms with Crippen LogP contribution in [0, 0.1) is 13.8 Å². The number of aromatic nitrogens is 2. The lowest BCUT2D eigenvalue weighted by Crippen LogP contribution is -2.27. The molecule has 0 amide bonds. The predicted molar refractivity (Wildman–Crippen MR) is 101 cm³/mol. The second-order valence-corrected chi connectivity index (χ2v) is 7.17. The highest BCUT2D eigenvalue weighted by atomic mass is 32.1. The maximum atomic E-state index is 13.0. The first kappa shape index (κ1) is 17.6. The fraction of sp³-hybridized carbons (Fsp3) is 0.368. The zero-order valence-corrected chi connectivity index (χ0v) is 15.8. The molecular weight excluding hydrogens is 336 g/mol. The van der Waals surface area contributed by atoms with Gasteiger partial charge >= 0.3 is 0 Å². The number of aryl methyl sites for hydroxylation is 2. The molecule has 0 unspecified atom stereocenters. The summed E-state index contributed by atoms with van der Waals surface area (Å²) >= 11 is 1.58. The van der Waals surface area contributed by atoms with Crippen LogP contribution in [-0.4, -0.2) is 30.4 Å². The van der Waals surface area contributed by atoms with Crippen LogP contribution < -0.4 is 10.3 Å². The van der Waals surface area contributed by atoms with Crippen LogP contribution in [0.15, 0.2) is 29.1 Å². The summed E-state index contributed by atoms with van der Waals surface area (Å²) in [7, 11) is 3.29. The summed E-state index contributed by atoms with van der Waals surface area (Å²) in [5.41, 5.74) is 2.13. The predicted octanol–water partition coefficient (Wildman–Crippen LogP) is 3.32. The third-order valence-corrected chi connectivity index (χ3v) is 5.51. The molecule has 0 bridgehead atoms. The topological polar surface area (TPSA) is 53.4 Å². The monoisotopic (exact) mass is 358 g/mol. The van der Waals surface area contributed by atoms with Crippen molar-refractivity contribution in [1.29, 1.82) is 0 Å². The number of nitrogens with zero attached hydrogens (tertiary/aromatic N) is 2. The summed E-state index contributed by atoms with van der Waals surface area (Å²) in [6.07, 6.45) is 0.592. The number of ether oxygens (including phenoxy) is 2. The van der Waals surface area contributed by atoms with E-state index >= 15 is 0 Å². The minimum atomic E-state index is 0.0208. The lowest BCUT2D eigenvalue weighted by Gasteiger charge is -2.12. The highest BCUT2D eigenvalue weighted by Gasteiger charge is 2.16. The first-order chi connectivity index (χ1) is 12.0. The Morgan fingerprint density at radius 1 is 1.16 bits per heavy atom. The molecule has 3 aromatic rings. The smallest absolute Gasteiger partial charge is 0.262 e. The molecule has 5 nitrogen and oxygen atoms in total. The Morgan fingerprint density at radius 2 is 1.88 bits per heavy atom. The van der Waals surface area contributed by atoms with E-state index in [0.717, 1.165) is 37.8 Å². The Morgan fingerprint density at radius 3 is 2.52 bits per heavy atom. The molecule has 0 aliphatic rings. The van der Waals surface area contributed by atoms with Crippen molar-refractivity contribution >= 4 is 21.6 Å². The third-order valence-electron chi connectivity index (χ3n) is 4.41. The Labute approximate surface area is 150 Å². The Hall–Kier alpha value is -2.18. The van der Waals surface area contributed by atoms with Gasteiger partial charge in [0.2, 0.25) is 0 Å². The number of methoxy groups -OCH3 is 2. The molecule has 0 radical (unpaired) electrons. The van der Waals surface area contributed by atoms with Crippen molar-refractivity contribution in [2.24, 2.45) is 0 Å². The third kappa shape index (κ3) is 3.45. The molecule has 0 spiro atoms. The number of rotatable bonds is 6. The average Bonchev–Trinajstić information content (AvgIpc) is 2.89. The van der Waals surface area contributed by atoms with E-state index in [0.29, 0.717) is 19.6 Å². The van der Waals surface area contributed by atoms with Crippen LogP contribution in [0.25, 0.3) is 10.2 Å². The highest BCUT2D eigenvalue weighted by molar-refractivity contribution is 7.18. The fourth-order valence-electron chi connectivity index (χ4n) is 2.84. The van der Waals surface area contributed by atoms with E-state index in [-0.39, 0.29) is 5.56 Å². The Bertz CT molecular complexity index is 942. The van der Waals surface area contributed by atoms with Crippen LogP contribution in [0.3, 0.4) is 0 Å². The fourth-order valence-corrected chi connectivity index (χ4v) is 3.88. The van der Waals surface area contributed by atoms with Gasteiger partial charge in [-0.15, -0.1) is 11.3 Å². The molecule has 0 atom stereocenters. The zero-order valence-electron chi connectivity index (χ0n) is 15.0. The Kier molecular flexibility index (Phi) is 5.20. The summed E-state index contributed by atoms with van der Waals surface area (Å²) in [5.74, 6) is 1.58. The minimum Gasteiger partial charge on any atom is -0.497 e. The van der Waals surface area contributed by atoms with Gasteiger partial charge < -0.3 is 9.47 Å². The summed E-state index contributed by atoms with van der Waals surface area (Å²) < 4.78 is 12.1. The van der Waals surface area contributed by atoms with Gasteiger partial charge in [0.05, 0.1) is 25.6 Å². The molecule has 2 heterocycles. The minimum absolute atomic E-state index is 0.0208. The van der Waals surface area contributed by atoms with Gasteiger partial charge in [0.15, 0.2) is 0 Å². The molecule has 0 saturated carbocycles. The summed E-state index contributed by atoms with van der Waals surface area (Å²) in [6, 6.07) is 7.84. The summed E-state index contributed by atoms with van der Waals surface area (Å²) in [6.45, 7) is 4.99. The molecule has 25 heavy (non-hydrogen) atoms. The van der Waals surface area contributed by atoms with Crippen LogP contribution in [0.2, 0.25) is 0 Å². The van der Waals surface area contributed by atoms with Crippen LogP contribution in [0.5, 0.6) is 5.75 Å². The van der Waals surface area contributed by atoms with Gasteiger partial charge in [-0.2, -0.15) is 0 Å². The molecule has 0 aliphatic heterocycles. The van der Waals surface area contributed by atoms with Crippen LogP contribution in [-0.2, 0) is 17.7 Å². The second-order valence-electron chi connectivity index (χ2n) is 5.97. The van der Waals surface area contributed by atoms with Crippen molar-refractivity contribution in [1.82, 2.24) is 9.55 Å².